The highest BCUT2D eigenvalue weighted by atomic mass is 19.4. The summed E-state index contributed by atoms with van der Waals surface area (Å²) in [6.07, 6.45) is -2.89. The fourth-order valence-corrected chi connectivity index (χ4v) is 1.47. The maximum Gasteiger partial charge on any atom is 0.411 e. The molecule has 122 valence electrons. The van der Waals surface area contributed by atoms with Gasteiger partial charge in [0.15, 0.2) is 0 Å². The number of rotatable bonds is 12. The Balaban J connectivity index is 3.26. The van der Waals surface area contributed by atoms with Gasteiger partial charge in [-0.25, -0.2) is 0 Å². The van der Waals surface area contributed by atoms with Crippen LogP contribution in [0.3, 0.4) is 0 Å². The Hall–Kier alpha value is -0.370. The van der Waals surface area contributed by atoms with Crippen molar-refractivity contribution in [2.45, 2.75) is 39.0 Å². The number of aliphatic hydroxyl groups excluding tert-OH is 1. The van der Waals surface area contributed by atoms with E-state index >= 15 is 0 Å². The molecule has 0 fully saturated rings. The van der Waals surface area contributed by atoms with E-state index in [2.05, 4.69) is 23.9 Å². The van der Waals surface area contributed by atoms with E-state index in [4.69, 9.17) is 4.74 Å². The minimum Gasteiger partial charge on any atom is -0.389 e. The van der Waals surface area contributed by atoms with Crippen molar-refractivity contribution >= 4 is 0 Å². The molecule has 0 spiro atoms. The SMILES string of the molecule is CC(C)CCCOCC(O)CNCCOCC(F)(F)F. The highest BCUT2D eigenvalue weighted by Gasteiger charge is 2.27. The molecule has 0 amide bonds. The smallest absolute Gasteiger partial charge is 0.389 e. The van der Waals surface area contributed by atoms with Gasteiger partial charge in [-0.2, -0.15) is 13.2 Å². The Morgan fingerprint density at radius 2 is 1.85 bits per heavy atom. The normalized spacial score (nSPS) is 13.9. The van der Waals surface area contributed by atoms with Gasteiger partial charge in [-0.15, -0.1) is 0 Å². The molecule has 0 aromatic rings. The van der Waals surface area contributed by atoms with Gasteiger partial charge in [0.25, 0.3) is 0 Å². The van der Waals surface area contributed by atoms with E-state index in [9.17, 15) is 18.3 Å². The maximum absolute atomic E-state index is 11.7. The summed E-state index contributed by atoms with van der Waals surface area (Å²) in [5, 5.41) is 12.3. The van der Waals surface area contributed by atoms with Crippen LogP contribution in [0.4, 0.5) is 13.2 Å². The van der Waals surface area contributed by atoms with Crippen LogP contribution in [0.25, 0.3) is 0 Å². The number of hydrogen-bond acceptors (Lipinski definition) is 4. The topological polar surface area (TPSA) is 50.7 Å². The van der Waals surface area contributed by atoms with Gasteiger partial charge in [0.1, 0.15) is 6.61 Å². The molecule has 0 aliphatic heterocycles. The molecule has 2 N–H and O–H groups in total. The molecule has 4 nitrogen and oxygen atoms in total. The third kappa shape index (κ3) is 15.7. The van der Waals surface area contributed by atoms with Gasteiger partial charge in [-0.3, -0.25) is 0 Å². The Morgan fingerprint density at radius 3 is 2.45 bits per heavy atom. The summed E-state index contributed by atoms with van der Waals surface area (Å²) >= 11 is 0. The molecule has 0 saturated heterocycles. The standard InChI is InChI=1S/C13H26F3NO3/c1-11(2)4-3-6-19-9-12(18)8-17-5-7-20-10-13(14,15)16/h11-12,17-18H,3-10H2,1-2H3. The molecule has 0 radical (unpaired) electrons. The molecule has 0 saturated carbocycles. The number of nitrogens with one attached hydrogen (secondary N) is 1. The first kappa shape index (κ1) is 19.6. The van der Waals surface area contributed by atoms with Crippen molar-refractivity contribution in [3.8, 4) is 0 Å². The summed E-state index contributed by atoms with van der Waals surface area (Å²) in [4.78, 5) is 0. The zero-order valence-electron chi connectivity index (χ0n) is 12.2. The summed E-state index contributed by atoms with van der Waals surface area (Å²) in [5.41, 5.74) is 0. The summed E-state index contributed by atoms with van der Waals surface area (Å²) in [6.45, 7) is 4.38. The molecule has 0 aromatic heterocycles. The third-order valence-electron chi connectivity index (χ3n) is 2.45. The van der Waals surface area contributed by atoms with E-state index in [1.54, 1.807) is 0 Å². The second-order valence-corrected chi connectivity index (χ2v) is 5.14. The van der Waals surface area contributed by atoms with Gasteiger partial charge in [0.2, 0.25) is 0 Å². The molecular formula is C13H26F3NO3. The van der Waals surface area contributed by atoms with Crippen molar-refractivity contribution in [3.63, 3.8) is 0 Å². The lowest BCUT2D eigenvalue weighted by Crippen LogP contribution is -2.33. The Kier molecular flexibility index (Phi) is 11.1. The number of halogens is 3. The molecule has 0 rings (SSSR count). The fraction of sp³-hybridized carbons (Fsp3) is 1.00. The summed E-state index contributed by atoms with van der Waals surface area (Å²) in [6, 6.07) is 0. The second kappa shape index (κ2) is 11.3. The number of hydrogen-bond donors (Lipinski definition) is 2. The first-order chi connectivity index (χ1) is 9.31. The van der Waals surface area contributed by atoms with Gasteiger partial charge < -0.3 is 19.9 Å². The molecule has 0 heterocycles. The largest absolute Gasteiger partial charge is 0.411 e. The highest BCUT2D eigenvalue weighted by molar-refractivity contribution is 4.58. The van der Waals surface area contributed by atoms with Gasteiger partial charge in [0.05, 0.1) is 19.3 Å². The molecule has 0 aliphatic rings. The average molecular weight is 301 g/mol. The lowest BCUT2D eigenvalue weighted by atomic mass is 10.1. The minimum atomic E-state index is -4.29. The summed E-state index contributed by atoms with van der Waals surface area (Å²) in [5.74, 6) is 0.641. The van der Waals surface area contributed by atoms with Crippen molar-refractivity contribution in [1.29, 1.82) is 0 Å². The van der Waals surface area contributed by atoms with Crippen molar-refractivity contribution in [1.82, 2.24) is 5.32 Å². The predicted octanol–water partition coefficient (Wildman–Crippen LogP) is 1.97. The van der Waals surface area contributed by atoms with Crippen molar-refractivity contribution in [3.05, 3.63) is 0 Å². The van der Waals surface area contributed by atoms with Crippen LogP contribution in [0.1, 0.15) is 26.7 Å². The van der Waals surface area contributed by atoms with Crippen LogP contribution in [0.2, 0.25) is 0 Å². The molecule has 0 aromatic carbocycles. The molecule has 7 heteroatoms. The van der Waals surface area contributed by atoms with Gasteiger partial charge >= 0.3 is 6.18 Å². The van der Waals surface area contributed by atoms with Crippen molar-refractivity contribution < 1.29 is 27.8 Å². The van der Waals surface area contributed by atoms with E-state index in [0.717, 1.165) is 12.8 Å². The number of ether oxygens (including phenoxy) is 2. The Bertz CT molecular complexity index is 225. The van der Waals surface area contributed by atoms with Gasteiger partial charge in [-0.1, -0.05) is 13.8 Å². The van der Waals surface area contributed by atoms with Gasteiger partial charge in [0, 0.05) is 19.7 Å². The Labute approximate surface area is 118 Å². The number of aliphatic hydroxyl groups is 1. The molecule has 1 atom stereocenters. The van der Waals surface area contributed by atoms with E-state index in [1.807, 2.05) is 0 Å². The molecule has 0 aliphatic carbocycles. The maximum atomic E-state index is 11.7. The second-order valence-electron chi connectivity index (χ2n) is 5.14. The molecule has 0 bridgehead atoms. The zero-order valence-corrected chi connectivity index (χ0v) is 12.2. The van der Waals surface area contributed by atoms with Crippen LogP contribution in [0.15, 0.2) is 0 Å². The van der Waals surface area contributed by atoms with Crippen LogP contribution in [0.5, 0.6) is 0 Å². The molecular weight excluding hydrogens is 275 g/mol. The van der Waals surface area contributed by atoms with E-state index in [0.29, 0.717) is 12.5 Å². The Morgan fingerprint density at radius 1 is 1.15 bits per heavy atom. The van der Waals surface area contributed by atoms with Crippen LogP contribution in [0, 0.1) is 5.92 Å². The first-order valence-electron chi connectivity index (χ1n) is 6.92. The quantitative estimate of drug-likeness (QED) is 0.541. The monoisotopic (exact) mass is 301 g/mol. The lowest BCUT2D eigenvalue weighted by molar-refractivity contribution is -0.173. The van der Waals surface area contributed by atoms with E-state index in [-0.39, 0.29) is 26.3 Å². The van der Waals surface area contributed by atoms with Gasteiger partial charge in [-0.05, 0) is 18.8 Å². The lowest BCUT2D eigenvalue weighted by Gasteiger charge is -2.13. The van der Waals surface area contributed by atoms with Crippen LogP contribution in [-0.4, -0.2) is 56.9 Å². The van der Waals surface area contributed by atoms with E-state index < -0.39 is 18.9 Å². The zero-order chi connectivity index (χ0) is 15.4. The fourth-order valence-electron chi connectivity index (χ4n) is 1.47. The predicted molar refractivity (Wildman–Crippen MR) is 70.6 cm³/mol. The van der Waals surface area contributed by atoms with Crippen LogP contribution >= 0.6 is 0 Å². The molecule has 1 unspecified atom stereocenters. The minimum absolute atomic E-state index is 0.0402. The first-order valence-corrected chi connectivity index (χ1v) is 6.92. The van der Waals surface area contributed by atoms with Crippen molar-refractivity contribution in [2.75, 3.05) is 39.5 Å². The molecule has 20 heavy (non-hydrogen) atoms. The van der Waals surface area contributed by atoms with E-state index in [1.165, 1.54) is 0 Å². The summed E-state index contributed by atoms with van der Waals surface area (Å²) < 4.78 is 44.9. The third-order valence-corrected chi connectivity index (χ3v) is 2.45. The summed E-state index contributed by atoms with van der Waals surface area (Å²) in [7, 11) is 0. The van der Waals surface area contributed by atoms with Crippen molar-refractivity contribution in [2.24, 2.45) is 5.92 Å². The number of alkyl halides is 3. The van der Waals surface area contributed by atoms with Crippen LogP contribution in [-0.2, 0) is 9.47 Å². The average Bonchev–Trinajstić information content (AvgIpc) is 2.31. The highest BCUT2D eigenvalue weighted by Crippen LogP contribution is 2.13. The van der Waals surface area contributed by atoms with Crippen LogP contribution < -0.4 is 5.32 Å².